The Morgan fingerprint density at radius 3 is 0.778 bits per heavy atom. The van der Waals surface area contributed by atoms with Gasteiger partial charge in [-0.05, 0) is 31.1 Å². The van der Waals surface area contributed by atoms with Crippen molar-refractivity contribution in [1.29, 1.82) is 0 Å². The normalized spacial score (nSPS) is 12.0. The lowest BCUT2D eigenvalue weighted by Crippen LogP contribution is -2.30. The third-order valence-electron chi connectivity index (χ3n) is 13.0. The van der Waals surface area contributed by atoms with E-state index in [-0.39, 0.29) is 31.1 Å². The van der Waals surface area contributed by atoms with Crippen molar-refractivity contribution in [2.45, 2.75) is 323 Å². The lowest BCUT2D eigenvalue weighted by atomic mass is 10.0. The number of carbonyl (C=O) groups is 3. The zero-order chi connectivity index (χ0) is 46.1. The van der Waals surface area contributed by atoms with E-state index in [1.54, 1.807) is 0 Å². The van der Waals surface area contributed by atoms with Gasteiger partial charge in [0.2, 0.25) is 0 Å². The summed E-state index contributed by atoms with van der Waals surface area (Å²) >= 11 is 0. The predicted octanol–water partition coefficient (Wildman–Crippen LogP) is 18.5. The second kappa shape index (κ2) is 49.8. The highest BCUT2D eigenvalue weighted by Crippen LogP contribution is 2.18. The molecule has 0 saturated heterocycles. The number of ether oxygens (including phenoxy) is 3. The van der Waals surface area contributed by atoms with Gasteiger partial charge in [0.1, 0.15) is 13.2 Å². The summed E-state index contributed by atoms with van der Waals surface area (Å²) in [5, 5.41) is 0. The Morgan fingerprint density at radius 1 is 0.302 bits per heavy atom. The van der Waals surface area contributed by atoms with E-state index in [2.05, 4.69) is 34.6 Å². The minimum Gasteiger partial charge on any atom is -0.462 e. The Hall–Kier alpha value is -1.59. The quantitative estimate of drug-likeness (QED) is 0.0344. The van der Waals surface area contributed by atoms with Crippen molar-refractivity contribution in [2.75, 3.05) is 13.2 Å². The number of hydrogen-bond donors (Lipinski definition) is 0. The fourth-order valence-corrected chi connectivity index (χ4v) is 8.70. The van der Waals surface area contributed by atoms with E-state index in [4.69, 9.17) is 14.2 Å². The average molecular weight is 892 g/mol. The number of esters is 3. The molecule has 0 fully saturated rings. The lowest BCUT2D eigenvalue weighted by molar-refractivity contribution is -0.167. The first-order valence-corrected chi connectivity index (χ1v) is 28.2. The molecule has 0 saturated carbocycles. The standard InChI is InChI=1S/C57H110O6/c1-6-7-8-9-10-11-12-13-14-15-19-22-27-32-37-42-47-55(58)61-50-54(63-57(60)49-44-39-34-29-24-26-31-36-41-46-53(4)5)51-62-56(59)48-43-38-33-28-23-20-17-16-18-21-25-30-35-40-45-52(2)3/h52-54H,6-51H2,1-5H3/t54-/m1/s1. The van der Waals surface area contributed by atoms with Gasteiger partial charge in [-0.25, -0.2) is 0 Å². The van der Waals surface area contributed by atoms with Gasteiger partial charge in [0.05, 0.1) is 0 Å². The van der Waals surface area contributed by atoms with E-state index in [1.165, 1.54) is 205 Å². The molecule has 0 aliphatic carbocycles. The topological polar surface area (TPSA) is 78.9 Å². The van der Waals surface area contributed by atoms with E-state index in [0.29, 0.717) is 19.3 Å². The largest absolute Gasteiger partial charge is 0.462 e. The van der Waals surface area contributed by atoms with E-state index in [0.717, 1.165) is 69.6 Å². The molecule has 0 spiro atoms. The van der Waals surface area contributed by atoms with Gasteiger partial charge in [0, 0.05) is 19.3 Å². The number of carbonyl (C=O) groups excluding carboxylic acids is 3. The number of unbranched alkanes of at least 4 members (excludes halogenated alkanes) is 36. The van der Waals surface area contributed by atoms with Gasteiger partial charge in [0.25, 0.3) is 0 Å². The van der Waals surface area contributed by atoms with Crippen molar-refractivity contribution in [1.82, 2.24) is 0 Å². The second-order valence-electron chi connectivity index (χ2n) is 20.5. The Morgan fingerprint density at radius 2 is 0.524 bits per heavy atom. The third-order valence-corrected chi connectivity index (χ3v) is 13.0. The summed E-state index contributed by atoms with van der Waals surface area (Å²) in [6.07, 6.45) is 52.4. The van der Waals surface area contributed by atoms with Gasteiger partial charge in [-0.15, -0.1) is 0 Å². The molecule has 0 unspecified atom stereocenters. The maximum Gasteiger partial charge on any atom is 0.306 e. The molecule has 6 heteroatoms. The molecule has 0 aromatic carbocycles. The van der Waals surface area contributed by atoms with Crippen molar-refractivity contribution in [2.24, 2.45) is 11.8 Å². The summed E-state index contributed by atoms with van der Waals surface area (Å²) in [5.74, 6) is 0.808. The van der Waals surface area contributed by atoms with Crippen molar-refractivity contribution < 1.29 is 28.6 Å². The molecule has 0 bridgehead atoms. The van der Waals surface area contributed by atoms with Crippen molar-refractivity contribution >= 4 is 17.9 Å². The van der Waals surface area contributed by atoms with Crippen LogP contribution in [0.2, 0.25) is 0 Å². The molecule has 0 heterocycles. The van der Waals surface area contributed by atoms with Crippen LogP contribution in [-0.2, 0) is 28.6 Å². The minimum atomic E-state index is -0.762. The van der Waals surface area contributed by atoms with E-state index >= 15 is 0 Å². The lowest BCUT2D eigenvalue weighted by Gasteiger charge is -2.18. The van der Waals surface area contributed by atoms with Crippen LogP contribution in [0.15, 0.2) is 0 Å². The first-order valence-electron chi connectivity index (χ1n) is 28.2. The highest BCUT2D eigenvalue weighted by molar-refractivity contribution is 5.71. The monoisotopic (exact) mass is 891 g/mol. The molecule has 0 aliphatic heterocycles. The van der Waals surface area contributed by atoms with Gasteiger partial charge in [-0.3, -0.25) is 14.4 Å². The van der Waals surface area contributed by atoms with Crippen LogP contribution in [0, 0.1) is 11.8 Å². The Bertz CT molecular complexity index is 962. The van der Waals surface area contributed by atoms with Crippen LogP contribution in [-0.4, -0.2) is 37.2 Å². The predicted molar refractivity (Wildman–Crippen MR) is 270 cm³/mol. The molecule has 374 valence electrons. The smallest absolute Gasteiger partial charge is 0.306 e. The van der Waals surface area contributed by atoms with Gasteiger partial charge in [-0.2, -0.15) is 0 Å². The van der Waals surface area contributed by atoms with Crippen LogP contribution in [0.5, 0.6) is 0 Å². The first-order chi connectivity index (χ1) is 30.7. The molecule has 0 aliphatic rings. The first kappa shape index (κ1) is 61.4. The van der Waals surface area contributed by atoms with Crippen LogP contribution in [0.1, 0.15) is 317 Å². The molecule has 0 amide bonds. The summed E-state index contributed by atoms with van der Waals surface area (Å²) < 4.78 is 16.9. The summed E-state index contributed by atoms with van der Waals surface area (Å²) in [6.45, 7) is 11.4. The van der Waals surface area contributed by atoms with Crippen LogP contribution in [0.4, 0.5) is 0 Å². The summed E-state index contributed by atoms with van der Waals surface area (Å²) in [7, 11) is 0. The maximum absolute atomic E-state index is 12.8. The van der Waals surface area contributed by atoms with E-state index < -0.39 is 6.10 Å². The van der Waals surface area contributed by atoms with Gasteiger partial charge >= 0.3 is 17.9 Å². The SMILES string of the molecule is CCCCCCCCCCCCCCCCCCC(=O)OC[C@H](COC(=O)CCCCCCCCCCCCCCCCC(C)C)OC(=O)CCCCCCCCCCCC(C)C. The zero-order valence-corrected chi connectivity index (χ0v) is 43.2. The molecule has 0 aromatic rings. The van der Waals surface area contributed by atoms with Crippen molar-refractivity contribution in [3.05, 3.63) is 0 Å². The van der Waals surface area contributed by atoms with Gasteiger partial charge < -0.3 is 14.2 Å². The molecule has 0 rings (SSSR count). The third kappa shape index (κ3) is 51.3. The zero-order valence-electron chi connectivity index (χ0n) is 43.2. The molecule has 6 nitrogen and oxygen atoms in total. The minimum absolute atomic E-state index is 0.0632. The van der Waals surface area contributed by atoms with Crippen LogP contribution < -0.4 is 0 Å². The van der Waals surface area contributed by atoms with E-state index in [1.807, 2.05) is 0 Å². The molecule has 0 radical (unpaired) electrons. The molecular weight excluding hydrogens is 781 g/mol. The summed E-state index contributed by atoms with van der Waals surface area (Å²) in [5.41, 5.74) is 0. The fourth-order valence-electron chi connectivity index (χ4n) is 8.70. The summed E-state index contributed by atoms with van der Waals surface area (Å²) in [4.78, 5) is 38.1. The molecule has 1 atom stereocenters. The fraction of sp³-hybridized carbons (Fsp3) is 0.947. The van der Waals surface area contributed by atoms with Crippen molar-refractivity contribution in [3.63, 3.8) is 0 Å². The van der Waals surface area contributed by atoms with Crippen LogP contribution >= 0.6 is 0 Å². The molecule has 0 aromatic heterocycles. The summed E-state index contributed by atoms with van der Waals surface area (Å²) in [6, 6.07) is 0. The van der Waals surface area contributed by atoms with Crippen molar-refractivity contribution in [3.8, 4) is 0 Å². The van der Waals surface area contributed by atoms with Gasteiger partial charge in [0.15, 0.2) is 6.10 Å². The van der Waals surface area contributed by atoms with Crippen LogP contribution in [0.25, 0.3) is 0 Å². The molecular formula is C57H110O6. The Balaban J connectivity index is 4.27. The highest BCUT2D eigenvalue weighted by atomic mass is 16.6. The second-order valence-corrected chi connectivity index (χ2v) is 20.5. The maximum atomic E-state index is 12.8. The average Bonchev–Trinajstić information content (AvgIpc) is 3.25. The number of rotatable bonds is 51. The molecule has 0 N–H and O–H groups in total. The highest BCUT2D eigenvalue weighted by Gasteiger charge is 2.19. The Kier molecular flexibility index (Phi) is 48.6. The number of hydrogen-bond acceptors (Lipinski definition) is 6. The Labute approximate surface area is 393 Å². The van der Waals surface area contributed by atoms with Crippen LogP contribution in [0.3, 0.4) is 0 Å². The molecule has 63 heavy (non-hydrogen) atoms. The van der Waals surface area contributed by atoms with Gasteiger partial charge in [-0.1, -0.05) is 279 Å². The van der Waals surface area contributed by atoms with E-state index in [9.17, 15) is 14.4 Å².